The first kappa shape index (κ1) is 22.7. The number of nitrogens with zero attached hydrogens (tertiary/aromatic N) is 1. The first-order valence-electron chi connectivity index (χ1n) is 12.2. The van der Waals surface area contributed by atoms with Crippen LogP contribution in [0.25, 0.3) is 28.0 Å². The second kappa shape index (κ2) is 10.4. The Bertz CT molecular complexity index is 1270. The Morgan fingerprint density at radius 2 is 1.31 bits per heavy atom. The van der Waals surface area contributed by atoms with Crippen molar-refractivity contribution >= 4 is 17.3 Å². The van der Waals surface area contributed by atoms with E-state index in [4.69, 9.17) is 9.73 Å². The maximum absolute atomic E-state index is 5.98. The van der Waals surface area contributed by atoms with Crippen LogP contribution in [0.1, 0.15) is 19.4 Å². The van der Waals surface area contributed by atoms with Gasteiger partial charge in [-0.2, -0.15) is 0 Å². The summed E-state index contributed by atoms with van der Waals surface area (Å²) < 4.78 is 5.98. The number of hydrogen-bond donors (Lipinski definition) is 1. The molecule has 3 nitrogen and oxygen atoms in total. The third kappa shape index (κ3) is 5.20. The van der Waals surface area contributed by atoms with Gasteiger partial charge in [-0.1, -0.05) is 123 Å². The summed E-state index contributed by atoms with van der Waals surface area (Å²) in [5.41, 5.74) is 7.69. The smallest absolute Gasteiger partial charge is 0.211 e. The van der Waals surface area contributed by atoms with E-state index >= 15 is 0 Å². The fourth-order valence-electron chi connectivity index (χ4n) is 4.30. The van der Waals surface area contributed by atoms with Crippen molar-refractivity contribution < 1.29 is 4.74 Å². The molecule has 0 saturated carbocycles. The largest absolute Gasteiger partial charge is 0.476 e. The molecule has 1 heterocycles. The summed E-state index contributed by atoms with van der Waals surface area (Å²) in [5, 5.41) is 3.80. The lowest BCUT2D eigenvalue weighted by molar-refractivity contribution is 0.293. The van der Waals surface area contributed by atoms with Crippen LogP contribution in [-0.4, -0.2) is 18.5 Å². The van der Waals surface area contributed by atoms with Crippen LogP contribution in [0, 0.1) is 5.92 Å². The summed E-state index contributed by atoms with van der Waals surface area (Å²) in [6.07, 6.45) is 2.04. The highest BCUT2D eigenvalue weighted by Gasteiger charge is 2.22. The van der Waals surface area contributed by atoms with Gasteiger partial charge >= 0.3 is 0 Å². The monoisotopic (exact) mass is 458 g/mol. The highest BCUT2D eigenvalue weighted by atomic mass is 16.5. The van der Waals surface area contributed by atoms with Crippen molar-refractivity contribution in [3.8, 4) is 22.3 Å². The van der Waals surface area contributed by atoms with Gasteiger partial charge in [-0.15, -0.1) is 0 Å². The summed E-state index contributed by atoms with van der Waals surface area (Å²) in [7, 11) is 0. The van der Waals surface area contributed by atoms with Gasteiger partial charge in [0, 0.05) is 17.2 Å². The number of benzene rings is 4. The summed E-state index contributed by atoms with van der Waals surface area (Å²) >= 11 is 0. The molecule has 1 atom stereocenters. The van der Waals surface area contributed by atoms with Gasteiger partial charge < -0.3 is 10.1 Å². The molecule has 0 amide bonds. The molecule has 1 aliphatic rings. The van der Waals surface area contributed by atoms with E-state index in [0.717, 1.165) is 39.2 Å². The van der Waals surface area contributed by atoms with Crippen molar-refractivity contribution in [1.29, 1.82) is 0 Å². The van der Waals surface area contributed by atoms with Crippen LogP contribution in [0.3, 0.4) is 0 Å². The van der Waals surface area contributed by atoms with Gasteiger partial charge in [-0.25, -0.2) is 4.99 Å². The van der Waals surface area contributed by atoms with E-state index in [1.807, 2.05) is 24.3 Å². The van der Waals surface area contributed by atoms with Crippen molar-refractivity contribution in [2.45, 2.75) is 19.9 Å². The summed E-state index contributed by atoms with van der Waals surface area (Å²) in [6.45, 7) is 4.99. The Morgan fingerprint density at radius 3 is 1.83 bits per heavy atom. The van der Waals surface area contributed by atoms with Crippen molar-refractivity contribution in [1.82, 2.24) is 0 Å². The highest BCUT2D eigenvalue weighted by Crippen LogP contribution is 2.39. The van der Waals surface area contributed by atoms with Crippen LogP contribution in [0.5, 0.6) is 0 Å². The minimum absolute atomic E-state index is 0.190. The summed E-state index contributed by atoms with van der Waals surface area (Å²) in [5.74, 6) is 1.12. The minimum Gasteiger partial charge on any atom is -0.476 e. The van der Waals surface area contributed by atoms with E-state index in [-0.39, 0.29) is 6.04 Å². The van der Waals surface area contributed by atoms with Gasteiger partial charge in [-0.05, 0) is 22.6 Å². The van der Waals surface area contributed by atoms with Crippen LogP contribution in [-0.2, 0) is 4.74 Å². The number of anilines is 1. The minimum atomic E-state index is 0.190. The number of ether oxygens (including phenoxy) is 1. The topological polar surface area (TPSA) is 33.6 Å². The van der Waals surface area contributed by atoms with E-state index in [1.54, 1.807) is 0 Å². The lowest BCUT2D eigenvalue weighted by Gasteiger charge is -2.20. The fraction of sp³-hybridized carbons (Fsp3) is 0.156. The molecule has 0 aliphatic carbocycles. The molecule has 35 heavy (non-hydrogen) atoms. The first-order valence-corrected chi connectivity index (χ1v) is 12.2. The van der Waals surface area contributed by atoms with Gasteiger partial charge in [0.05, 0.1) is 17.4 Å². The number of para-hydroxylation sites is 1. The van der Waals surface area contributed by atoms with Crippen molar-refractivity contribution in [3.05, 3.63) is 121 Å². The predicted octanol–water partition coefficient (Wildman–Crippen LogP) is 7.93. The molecule has 4 aromatic rings. The van der Waals surface area contributed by atoms with E-state index in [0.29, 0.717) is 18.4 Å². The van der Waals surface area contributed by atoms with Gasteiger partial charge in [0.25, 0.3) is 0 Å². The zero-order valence-electron chi connectivity index (χ0n) is 20.2. The number of nitrogens with one attached hydrogen (secondary N) is 1. The standard InChI is InChI=1S/C32H30N2O/c1-23(2)30-22-35-31(33-30)21-29(26-17-10-5-11-18-26)34-32-27(24-13-6-3-7-14-24)19-12-20-28(32)25-15-8-4-9-16-25/h3-21,23,30,34H,22H2,1-2H3. The van der Waals surface area contributed by atoms with Crippen molar-refractivity contribution in [3.63, 3.8) is 0 Å². The molecule has 0 spiro atoms. The molecule has 3 heteroatoms. The molecule has 0 bridgehead atoms. The van der Waals surface area contributed by atoms with E-state index in [9.17, 15) is 0 Å². The molecule has 4 aromatic carbocycles. The quantitative estimate of drug-likeness (QED) is 0.305. The van der Waals surface area contributed by atoms with Gasteiger partial charge in [0.1, 0.15) is 6.61 Å². The summed E-state index contributed by atoms with van der Waals surface area (Å²) in [6, 6.07) is 38.0. The highest BCUT2D eigenvalue weighted by molar-refractivity contribution is 6.02. The Morgan fingerprint density at radius 1 is 0.771 bits per heavy atom. The van der Waals surface area contributed by atoms with Crippen LogP contribution in [0.2, 0.25) is 0 Å². The average Bonchev–Trinajstić information content (AvgIpc) is 3.39. The van der Waals surface area contributed by atoms with E-state index in [1.165, 1.54) is 0 Å². The third-order valence-corrected chi connectivity index (χ3v) is 6.31. The molecule has 1 aliphatic heterocycles. The van der Waals surface area contributed by atoms with Crippen LogP contribution < -0.4 is 5.32 Å². The molecule has 0 radical (unpaired) electrons. The van der Waals surface area contributed by atoms with Gasteiger partial charge in [-0.3, -0.25) is 0 Å². The van der Waals surface area contributed by atoms with E-state index < -0.39 is 0 Å². The first-order chi connectivity index (χ1) is 17.2. The Hall–Kier alpha value is -4.11. The maximum atomic E-state index is 5.98. The molecule has 0 fully saturated rings. The lowest BCUT2D eigenvalue weighted by Crippen LogP contribution is -2.13. The second-order valence-corrected chi connectivity index (χ2v) is 9.10. The van der Waals surface area contributed by atoms with Crippen molar-refractivity contribution in [2.24, 2.45) is 10.9 Å². The third-order valence-electron chi connectivity index (χ3n) is 6.31. The normalized spacial score (nSPS) is 15.6. The zero-order chi connectivity index (χ0) is 24.0. The average molecular weight is 459 g/mol. The molecule has 174 valence electrons. The van der Waals surface area contributed by atoms with Crippen LogP contribution in [0.15, 0.2) is 120 Å². The van der Waals surface area contributed by atoms with Crippen molar-refractivity contribution in [2.75, 3.05) is 11.9 Å². The fourth-order valence-corrected chi connectivity index (χ4v) is 4.30. The van der Waals surface area contributed by atoms with Crippen LogP contribution >= 0.6 is 0 Å². The molecule has 1 unspecified atom stereocenters. The second-order valence-electron chi connectivity index (χ2n) is 9.10. The predicted molar refractivity (Wildman–Crippen MR) is 147 cm³/mol. The molecule has 0 saturated heterocycles. The SMILES string of the molecule is CC(C)C1COC(C=C(Nc2c(-c3ccccc3)cccc2-c2ccccc2)c2ccccc2)=N1. The summed E-state index contributed by atoms with van der Waals surface area (Å²) in [4.78, 5) is 4.83. The molecule has 0 aromatic heterocycles. The number of rotatable bonds is 7. The van der Waals surface area contributed by atoms with E-state index in [2.05, 4.69) is 110 Å². The molecular formula is C32H30N2O. The zero-order valence-corrected chi connectivity index (χ0v) is 20.2. The lowest BCUT2D eigenvalue weighted by atomic mass is 9.95. The molecule has 5 rings (SSSR count). The van der Waals surface area contributed by atoms with Gasteiger partial charge in [0.15, 0.2) is 0 Å². The maximum Gasteiger partial charge on any atom is 0.211 e. The number of hydrogen-bond acceptors (Lipinski definition) is 3. The molecule has 1 N–H and O–H groups in total. The van der Waals surface area contributed by atoms with Gasteiger partial charge in [0.2, 0.25) is 5.90 Å². The van der Waals surface area contributed by atoms with Crippen LogP contribution in [0.4, 0.5) is 5.69 Å². The Balaban J connectivity index is 1.65. The Labute approximate surface area is 207 Å². The molecular weight excluding hydrogens is 428 g/mol. The number of aliphatic imine (C=N–C) groups is 1. The Kier molecular flexibility index (Phi) is 6.76.